The van der Waals surface area contributed by atoms with Gasteiger partial charge in [0.2, 0.25) is 0 Å². The van der Waals surface area contributed by atoms with Crippen LogP contribution in [0.15, 0.2) is 53.7 Å². The highest BCUT2D eigenvalue weighted by Gasteiger charge is 2.14. The van der Waals surface area contributed by atoms with Crippen molar-refractivity contribution in [2.75, 3.05) is 0 Å². The summed E-state index contributed by atoms with van der Waals surface area (Å²) in [5.41, 5.74) is -0.0968. The summed E-state index contributed by atoms with van der Waals surface area (Å²) in [7, 11) is 0. The van der Waals surface area contributed by atoms with Crippen LogP contribution in [0.5, 0.6) is 0 Å². The lowest BCUT2D eigenvalue weighted by Crippen LogP contribution is -2.24. The van der Waals surface area contributed by atoms with Crippen molar-refractivity contribution in [1.82, 2.24) is 9.55 Å². The predicted octanol–water partition coefficient (Wildman–Crippen LogP) is 2.79. The van der Waals surface area contributed by atoms with Crippen molar-refractivity contribution in [3.63, 3.8) is 0 Å². The maximum Gasteiger partial charge on any atom is 0.261 e. The Balaban J connectivity index is 2.22. The van der Waals surface area contributed by atoms with Gasteiger partial charge >= 0.3 is 0 Å². The van der Waals surface area contributed by atoms with Gasteiger partial charge in [0.1, 0.15) is 11.6 Å². The lowest BCUT2D eigenvalue weighted by atomic mass is 10.0. The maximum absolute atomic E-state index is 14.7. The molecule has 0 saturated carbocycles. The van der Waals surface area contributed by atoms with Crippen LogP contribution in [-0.2, 0) is 11.3 Å². The van der Waals surface area contributed by atoms with E-state index in [2.05, 4.69) is 4.98 Å². The normalized spacial score (nSPS) is 10.8. The topological polar surface area (TPSA) is 52.0 Å². The van der Waals surface area contributed by atoms with E-state index < -0.39 is 11.4 Å². The molecule has 0 unspecified atom stereocenters. The molecule has 1 aromatic heterocycles. The van der Waals surface area contributed by atoms with Crippen LogP contribution in [0.3, 0.4) is 0 Å². The molecule has 0 atom stereocenters. The summed E-state index contributed by atoms with van der Waals surface area (Å²) in [6.45, 7) is 1.31. The number of nitrogens with zero attached hydrogens (tertiary/aromatic N) is 2. The van der Waals surface area contributed by atoms with Gasteiger partial charge in [-0.25, -0.2) is 9.37 Å². The monoisotopic (exact) mass is 296 g/mol. The van der Waals surface area contributed by atoms with Crippen LogP contribution in [0.1, 0.15) is 6.92 Å². The summed E-state index contributed by atoms with van der Waals surface area (Å²) in [6.07, 6.45) is 2.61. The number of halogens is 1. The highest BCUT2D eigenvalue weighted by molar-refractivity contribution is 5.88. The van der Waals surface area contributed by atoms with Crippen LogP contribution >= 0.6 is 0 Å². The molecule has 5 heteroatoms. The van der Waals surface area contributed by atoms with Crippen molar-refractivity contribution in [2.24, 2.45) is 0 Å². The fraction of sp³-hybridized carbons (Fsp3) is 0.118. The highest BCUT2D eigenvalue weighted by Crippen LogP contribution is 2.26. The van der Waals surface area contributed by atoms with Gasteiger partial charge in [-0.2, -0.15) is 0 Å². The maximum atomic E-state index is 14.7. The molecule has 0 amide bonds. The van der Waals surface area contributed by atoms with Gasteiger partial charge in [0.15, 0.2) is 0 Å². The van der Waals surface area contributed by atoms with Gasteiger partial charge in [0.25, 0.3) is 5.56 Å². The SMILES string of the molecule is CC(=O)Cn1cncc(-c2ccc3ccccc3c2F)c1=O. The molecule has 0 aliphatic carbocycles. The van der Waals surface area contributed by atoms with Crippen molar-refractivity contribution >= 4 is 16.6 Å². The van der Waals surface area contributed by atoms with Crippen LogP contribution in [0, 0.1) is 5.82 Å². The highest BCUT2D eigenvalue weighted by atomic mass is 19.1. The summed E-state index contributed by atoms with van der Waals surface area (Å²) < 4.78 is 15.9. The Labute approximate surface area is 125 Å². The van der Waals surface area contributed by atoms with E-state index in [4.69, 9.17) is 0 Å². The predicted molar refractivity (Wildman–Crippen MR) is 82.1 cm³/mol. The van der Waals surface area contributed by atoms with Crippen LogP contribution in [0.25, 0.3) is 21.9 Å². The van der Waals surface area contributed by atoms with Gasteiger partial charge in [-0.1, -0.05) is 36.4 Å². The lowest BCUT2D eigenvalue weighted by Gasteiger charge is -2.08. The van der Waals surface area contributed by atoms with Gasteiger partial charge in [-0.05, 0) is 12.3 Å². The van der Waals surface area contributed by atoms with Gasteiger partial charge < -0.3 is 0 Å². The zero-order chi connectivity index (χ0) is 15.7. The minimum absolute atomic E-state index is 0.0745. The molecular formula is C17H13FN2O2. The van der Waals surface area contributed by atoms with Crippen molar-refractivity contribution in [3.05, 3.63) is 65.1 Å². The van der Waals surface area contributed by atoms with Crippen molar-refractivity contribution < 1.29 is 9.18 Å². The second kappa shape index (κ2) is 5.52. The van der Waals surface area contributed by atoms with Crippen LogP contribution in [-0.4, -0.2) is 15.3 Å². The Bertz CT molecular complexity index is 931. The van der Waals surface area contributed by atoms with Crippen molar-refractivity contribution in [2.45, 2.75) is 13.5 Å². The number of Topliss-reactive ketones (excluding diaryl/α,β-unsaturated/α-hetero) is 1. The standard InChI is InChI=1S/C17H13FN2O2/c1-11(21)9-20-10-19-8-15(17(20)22)14-7-6-12-4-2-3-5-13(12)16(14)18/h2-8,10H,9H2,1H3. The van der Waals surface area contributed by atoms with Gasteiger partial charge in [-0.3, -0.25) is 14.2 Å². The number of aromatic nitrogens is 2. The first kappa shape index (κ1) is 14.1. The summed E-state index contributed by atoms with van der Waals surface area (Å²) in [6, 6.07) is 10.4. The largest absolute Gasteiger partial charge is 0.298 e. The van der Waals surface area contributed by atoms with Gasteiger partial charge in [0, 0.05) is 17.1 Å². The van der Waals surface area contributed by atoms with E-state index in [1.807, 2.05) is 6.07 Å². The Morgan fingerprint density at radius 3 is 2.73 bits per heavy atom. The summed E-state index contributed by atoms with van der Waals surface area (Å²) in [5, 5.41) is 1.21. The Kier molecular flexibility index (Phi) is 3.55. The van der Waals surface area contributed by atoms with Gasteiger partial charge in [-0.15, -0.1) is 0 Å². The van der Waals surface area contributed by atoms with E-state index in [1.54, 1.807) is 30.3 Å². The Morgan fingerprint density at radius 2 is 1.95 bits per heavy atom. The van der Waals surface area contributed by atoms with Crippen LogP contribution in [0.2, 0.25) is 0 Å². The number of fused-ring (bicyclic) bond motifs is 1. The molecule has 4 nitrogen and oxygen atoms in total. The smallest absolute Gasteiger partial charge is 0.261 e. The zero-order valence-electron chi connectivity index (χ0n) is 11.9. The van der Waals surface area contributed by atoms with E-state index in [1.165, 1.54) is 24.0 Å². The summed E-state index contributed by atoms with van der Waals surface area (Å²) >= 11 is 0. The molecule has 0 N–H and O–H groups in total. The van der Waals surface area contributed by atoms with Crippen LogP contribution in [0.4, 0.5) is 4.39 Å². The van der Waals surface area contributed by atoms with Crippen LogP contribution < -0.4 is 5.56 Å². The number of carbonyl (C=O) groups is 1. The Hall–Kier alpha value is -2.82. The fourth-order valence-electron chi connectivity index (χ4n) is 2.43. The van der Waals surface area contributed by atoms with E-state index in [0.29, 0.717) is 5.39 Å². The first-order chi connectivity index (χ1) is 10.6. The van der Waals surface area contributed by atoms with E-state index in [-0.39, 0.29) is 23.5 Å². The number of benzene rings is 2. The van der Waals surface area contributed by atoms with Crippen molar-refractivity contribution in [1.29, 1.82) is 0 Å². The summed E-state index contributed by atoms with van der Waals surface area (Å²) in [5.74, 6) is -0.627. The number of hydrogen-bond donors (Lipinski definition) is 0. The third kappa shape index (κ3) is 2.41. The first-order valence-electron chi connectivity index (χ1n) is 6.79. The van der Waals surface area contributed by atoms with Crippen molar-refractivity contribution in [3.8, 4) is 11.1 Å². The quantitative estimate of drug-likeness (QED) is 0.747. The molecule has 110 valence electrons. The average Bonchev–Trinajstić information content (AvgIpc) is 2.50. The second-order valence-electron chi connectivity index (χ2n) is 5.09. The molecule has 3 rings (SSSR count). The molecule has 0 aliphatic rings. The average molecular weight is 296 g/mol. The molecule has 2 aromatic carbocycles. The fourth-order valence-corrected chi connectivity index (χ4v) is 2.43. The molecule has 1 heterocycles. The molecule has 3 aromatic rings. The molecule has 0 saturated heterocycles. The molecule has 22 heavy (non-hydrogen) atoms. The minimum atomic E-state index is -0.461. The minimum Gasteiger partial charge on any atom is -0.298 e. The number of hydrogen-bond acceptors (Lipinski definition) is 3. The van der Waals surface area contributed by atoms with E-state index in [0.717, 1.165) is 5.39 Å². The number of ketones is 1. The molecule has 0 radical (unpaired) electrons. The third-order valence-corrected chi connectivity index (χ3v) is 3.45. The summed E-state index contributed by atoms with van der Waals surface area (Å²) in [4.78, 5) is 27.5. The van der Waals surface area contributed by atoms with E-state index in [9.17, 15) is 14.0 Å². The third-order valence-electron chi connectivity index (χ3n) is 3.45. The molecule has 0 fully saturated rings. The lowest BCUT2D eigenvalue weighted by molar-refractivity contribution is -0.117. The van der Waals surface area contributed by atoms with Gasteiger partial charge in [0.05, 0.1) is 18.4 Å². The number of carbonyl (C=O) groups excluding carboxylic acids is 1. The Morgan fingerprint density at radius 1 is 1.18 bits per heavy atom. The molecule has 0 spiro atoms. The van der Waals surface area contributed by atoms with E-state index >= 15 is 0 Å². The zero-order valence-corrected chi connectivity index (χ0v) is 11.9. The number of rotatable bonds is 3. The molecule has 0 bridgehead atoms. The first-order valence-corrected chi connectivity index (χ1v) is 6.79. The second-order valence-corrected chi connectivity index (χ2v) is 5.09. The molecule has 0 aliphatic heterocycles. The molecular weight excluding hydrogens is 283 g/mol.